The summed E-state index contributed by atoms with van der Waals surface area (Å²) in [6.07, 6.45) is 0.383. The van der Waals surface area contributed by atoms with Gasteiger partial charge in [-0.05, 0) is 36.8 Å². The molecular formula is C20H22N2O7S. The highest BCUT2D eigenvalue weighted by Gasteiger charge is 2.24. The van der Waals surface area contributed by atoms with E-state index in [1.165, 1.54) is 44.0 Å². The molecule has 10 heteroatoms. The molecule has 0 bridgehead atoms. The largest absolute Gasteiger partial charge is 0.495 e. The Bertz CT molecular complexity index is 1230. The third-order valence-electron chi connectivity index (χ3n) is 4.49. The molecule has 0 atom stereocenters. The van der Waals surface area contributed by atoms with Gasteiger partial charge in [-0.2, -0.15) is 0 Å². The molecule has 0 N–H and O–H groups in total. The number of aryl methyl sites for hydroxylation is 1. The van der Waals surface area contributed by atoms with Crippen molar-refractivity contribution in [1.82, 2.24) is 8.87 Å². The minimum Gasteiger partial charge on any atom is -0.495 e. The number of methoxy groups -OCH3 is 1. The number of sulfonamides is 1. The second-order valence-corrected chi connectivity index (χ2v) is 8.75. The lowest BCUT2D eigenvalue weighted by Gasteiger charge is -2.15. The highest BCUT2D eigenvalue weighted by atomic mass is 32.2. The number of rotatable bonds is 8. The smallest absolute Gasteiger partial charge is 0.419 e. The van der Waals surface area contributed by atoms with Crippen LogP contribution in [-0.4, -0.2) is 51.1 Å². The van der Waals surface area contributed by atoms with E-state index in [9.17, 15) is 18.0 Å². The van der Waals surface area contributed by atoms with Crippen LogP contribution in [-0.2, 0) is 21.3 Å². The molecule has 0 fully saturated rings. The van der Waals surface area contributed by atoms with Crippen LogP contribution in [0.3, 0.4) is 0 Å². The number of carbonyl (C=O) groups excluding carboxylic acids is 1. The first-order valence-corrected chi connectivity index (χ1v) is 10.6. The molecule has 1 aromatic heterocycles. The fourth-order valence-corrected chi connectivity index (χ4v) is 3.97. The molecule has 160 valence electrons. The lowest BCUT2D eigenvalue weighted by molar-refractivity contribution is 0.0495. The van der Waals surface area contributed by atoms with Gasteiger partial charge >= 0.3 is 11.7 Å². The Hall–Kier alpha value is -3.11. The van der Waals surface area contributed by atoms with Gasteiger partial charge in [0.1, 0.15) is 10.6 Å². The molecule has 0 aliphatic rings. The molecule has 0 aliphatic heterocycles. The molecule has 0 amide bonds. The number of hydrogen-bond donors (Lipinski definition) is 0. The van der Waals surface area contributed by atoms with Crippen LogP contribution < -0.4 is 10.5 Å². The molecule has 3 aromatic rings. The number of ether oxygens (including phenoxy) is 2. The normalized spacial score (nSPS) is 11.7. The van der Waals surface area contributed by atoms with E-state index in [0.717, 1.165) is 4.31 Å². The number of oxazole rings is 1. The van der Waals surface area contributed by atoms with Gasteiger partial charge in [-0.25, -0.2) is 22.3 Å². The highest BCUT2D eigenvalue weighted by molar-refractivity contribution is 7.89. The van der Waals surface area contributed by atoms with Crippen LogP contribution in [0.15, 0.2) is 56.6 Å². The summed E-state index contributed by atoms with van der Waals surface area (Å²) < 4.78 is 43.0. The predicted molar refractivity (Wildman–Crippen MR) is 109 cm³/mol. The van der Waals surface area contributed by atoms with Gasteiger partial charge < -0.3 is 13.9 Å². The number of carbonyl (C=O) groups is 1. The van der Waals surface area contributed by atoms with Crippen LogP contribution in [0, 0.1) is 0 Å². The minimum absolute atomic E-state index is 0.0482. The topological polar surface area (TPSA) is 108 Å². The first-order valence-electron chi connectivity index (χ1n) is 9.11. The Kier molecular flexibility index (Phi) is 6.28. The second-order valence-electron chi connectivity index (χ2n) is 6.63. The van der Waals surface area contributed by atoms with Gasteiger partial charge in [-0.1, -0.05) is 12.1 Å². The summed E-state index contributed by atoms with van der Waals surface area (Å²) in [5.74, 6) is -1.01. The summed E-state index contributed by atoms with van der Waals surface area (Å²) in [6, 6.07) is 11.1. The van der Waals surface area contributed by atoms with Gasteiger partial charge in [0.2, 0.25) is 10.0 Å². The molecule has 0 saturated carbocycles. The van der Waals surface area contributed by atoms with Crippen molar-refractivity contribution in [3.63, 3.8) is 0 Å². The van der Waals surface area contributed by atoms with Crippen molar-refractivity contribution in [2.45, 2.75) is 17.9 Å². The Morgan fingerprint density at radius 2 is 1.90 bits per heavy atom. The summed E-state index contributed by atoms with van der Waals surface area (Å²) in [6.45, 7) is 0.360. The summed E-state index contributed by atoms with van der Waals surface area (Å²) in [5, 5.41) is 0. The van der Waals surface area contributed by atoms with E-state index in [-0.39, 0.29) is 22.8 Å². The van der Waals surface area contributed by atoms with Crippen molar-refractivity contribution in [1.29, 1.82) is 0 Å². The van der Waals surface area contributed by atoms with Crippen LogP contribution >= 0.6 is 0 Å². The molecule has 1 heterocycles. The van der Waals surface area contributed by atoms with Gasteiger partial charge in [0.25, 0.3) is 0 Å². The standard InChI is InChI=1S/C20H22N2O7S/c1-21(2)30(25,26)18-13-14(9-10-17(18)27-3)19(23)28-12-6-11-22-15-7-4-5-8-16(15)29-20(22)24/h4-5,7-10,13H,6,11-12H2,1-3H3. The van der Waals surface area contributed by atoms with Crippen molar-refractivity contribution < 1.29 is 27.1 Å². The fraction of sp³-hybridized carbons (Fsp3) is 0.300. The molecule has 0 spiro atoms. The minimum atomic E-state index is -3.80. The van der Waals surface area contributed by atoms with Gasteiger partial charge in [0, 0.05) is 20.6 Å². The zero-order valence-electron chi connectivity index (χ0n) is 16.8. The monoisotopic (exact) mass is 434 g/mol. The Balaban J connectivity index is 1.68. The van der Waals surface area contributed by atoms with E-state index in [1.54, 1.807) is 24.3 Å². The van der Waals surface area contributed by atoms with Crippen LogP contribution in [0.25, 0.3) is 11.1 Å². The molecular weight excluding hydrogens is 412 g/mol. The first kappa shape index (κ1) is 21.6. The Morgan fingerprint density at radius 1 is 1.17 bits per heavy atom. The second kappa shape index (κ2) is 8.72. The summed E-state index contributed by atoms with van der Waals surface area (Å²) >= 11 is 0. The zero-order valence-corrected chi connectivity index (χ0v) is 17.6. The van der Waals surface area contributed by atoms with Gasteiger partial charge in [0.05, 0.1) is 24.8 Å². The summed E-state index contributed by atoms with van der Waals surface area (Å²) in [5.41, 5.74) is 1.25. The average molecular weight is 434 g/mol. The molecule has 3 rings (SSSR count). The van der Waals surface area contributed by atoms with Crippen LogP contribution in [0.1, 0.15) is 16.8 Å². The van der Waals surface area contributed by atoms with E-state index >= 15 is 0 Å². The molecule has 30 heavy (non-hydrogen) atoms. The van der Waals surface area contributed by atoms with E-state index in [4.69, 9.17) is 13.9 Å². The van der Waals surface area contributed by atoms with E-state index in [0.29, 0.717) is 24.1 Å². The maximum Gasteiger partial charge on any atom is 0.419 e. The van der Waals surface area contributed by atoms with Crippen molar-refractivity contribution in [2.75, 3.05) is 27.8 Å². The van der Waals surface area contributed by atoms with E-state index in [2.05, 4.69) is 0 Å². The zero-order chi connectivity index (χ0) is 21.9. The third kappa shape index (κ3) is 4.24. The van der Waals surface area contributed by atoms with Gasteiger partial charge in [-0.3, -0.25) is 4.57 Å². The quantitative estimate of drug-likeness (QED) is 0.395. The first-order chi connectivity index (χ1) is 14.3. The summed E-state index contributed by atoms with van der Waals surface area (Å²) in [4.78, 5) is 24.2. The molecule has 0 unspecified atom stereocenters. The number of aromatic nitrogens is 1. The van der Waals surface area contributed by atoms with Crippen molar-refractivity contribution in [3.8, 4) is 5.75 Å². The van der Waals surface area contributed by atoms with Gasteiger partial charge in [0.15, 0.2) is 5.58 Å². The van der Waals surface area contributed by atoms with Crippen LogP contribution in [0.2, 0.25) is 0 Å². The predicted octanol–water partition coefficient (Wildman–Crippen LogP) is 2.10. The molecule has 0 aliphatic carbocycles. The lowest BCUT2D eigenvalue weighted by Crippen LogP contribution is -2.23. The number of hydrogen-bond acceptors (Lipinski definition) is 7. The Morgan fingerprint density at radius 3 is 2.60 bits per heavy atom. The van der Waals surface area contributed by atoms with E-state index < -0.39 is 21.7 Å². The maximum absolute atomic E-state index is 12.5. The Labute approximate surface area is 173 Å². The number of fused-ring (bicyclic) bond motifs is 1. The van der Waals surface area contributed by atoms with Crippen molar-refractivity contribution in [2.24, 2.45) is 0 Å². The van der Waals surface area contributed by atoms with Crippen LogP contribution in [0.4, 0.5) is 0 Å². The van der Waals surface area contributed by atoms with Crippen LogP contribution in [0.5, 0.6) is 5.75 Å². The maximum atomic E-state index is 12.5. The SMILES string of the molecule is COc1ccc(C(=O)OCCCn2c(=O)oc3ccccc32)cc1S(=O)(=O)N(C)C. The third-order valence-corrected chi connectivity index (χ3v) is 6.33. The molecule has 0 saturated heterocycles. The number of nitrogens with zero attached hydrogens (tertiary/aromatic N) is 2. The van der Waals surface area contributed by atoms with Gasteiger partial charge in [-0.15, -0.1) is 0 Å². The van der Waals surface area contributed by atoms with Crippen molar-refractivity contribution >= 4 is 27.1 Å². The average Bonchev–Trinajstić information content (AvgIpc) is 3.05. The number of esters is 1. The number of benzene rings is 2. The van der Waals surface area contributed by atoms with E-state index in [1.807, 2.05) is 0 Å². The number of para-hydroxylation sites is 2. The molecule has 0 radical (unpaired) electrons. The fourth-order valence-electron chi connectivity index (χ4n) is 2.90. The lowest BCUT2D eigenvalue weighted by atomic mass is 10.2. The summed E-state index contributed by atoms with van der Waals surface area (Å²) in [7, 11) is 0.327. The van der Waals surface area contributed by atoms with Crippen molar-refractivity contribution in [3.05, 3.63) is 58.6 Å². The highest BCUT2D eigenvalue weighted by Crippen LogP contribution is 2.27. The molecule has 2 aromatic carbocycles. The molecule has 9 nitrogen and oxygen atoms in total.